The molecular formula is C20H15F6N3O2. The maximum atomic E-state index is 12.9. The summed E-state index contributed by atoms with van der Waals surface area (Å²) in [5.41, 5.74) is -2.13. The van der Waals surface area contributed by atoms with Gasteiger partial charge in [0.15, 0.2) is 5.75 Å². The zero-order valence-electron chi connectivity index (χ0n) is 15.9. The molecule has 1 aromatic heterocycles. The van der Waals surface area contributed by atoms with Crippen molar-refractivity contribution in [3.63, 3.8) is 0 Å². The normalized spacial score (nSPS) is 12.0. The van der Waals surface area contributed by atoms with Gasteiger partial charge in [-0.3, -0.25) is 0 Å². The quantitative estimate of drug-likeness (QED) is 0.542. The number of aromatic nitrogens is 2. The second-order valence-electron chi connectivity index (χ2n) is 6.50. The van der Waals surface area contributed by atoms with E-state index in [9.17, 15) is 31.1 Å². The van der Waals surface area contributed by atoms with Crippen molar-refractivity contribution >= 4 is 6.09 Å². The minimum Gasteiger partial charge on any atom is -0.407 e. The summed E-state index contributed by atoms with van der Waals surface area (Å²) in [4.78, 5) is 12.0. The molecule has 0 aliphatic rings. The summed E-state index contributed by atoms with van der Waals surface area (Å²) in [6.45, 7) is 1.03. The van der Waals surface area contributed by atoms with Crippen LogP contribution in [-0.4, -0.2) is 15.9 Å². The molecule has 3 rings (SSSR count). The van der Waals surface area contributed by atoms with E-state index in [4.69, 9.17) is 4.74 Å². The van der Waals surface area contributed by atoms with Gasteiger partial charge in [0.2, 0.25) is 0 Å². The van der Waals surface area contributed by atoms with E-state index in [0.717, 1.165) is 0 Å². The Bertz CT molecular complexity index is 1040. The smallest absolute Gasteiger partial charge is 0.407 e. The Balaban J connectivity index is 1.72. The topological polar surface area (TPSA) is 56.1 Å². The molecule has 0 fully saturated rings. The summed E-state index contributed by atoms with van der Waals surface area (Å²) in [7, 11) is 0. The molecule has 0 radical (unpaired) electrons. The Morgan fingerprint density at radius 1 is 1.00 bits per heavy atom. The highest BCUT2D eigenvalue weighted by atomic mass is 19.4. The second-order valence-corrected chi connectivity index (χ2v) is 6.50. The Morgan fingerprint density at radius 2 is 1.58 bits per heavy atom. The fourth-order valence-corrected chi connectivity index (χ4v) is 2.76. The largest absolute Gasteiger partial charge is 0.416 e. The van der Waals surface area contributed by atoms with E-state index in [-0.39, 0.29) is 17.4 Å². The molecule has 0 saturated heterocycles. The van der Waals surface area contributed by atoms with Crippen molar-refractivity contribution in [2.75, 3.05) is 0 Å². The molecule has 0 atom stereocenters. The molecule has 0 bridgehead atoms. The number of rotatable bonds is 4. The first-order valence-corrected chi connectivity index (χ1v) is 8.79. The maximum absolute atomic E-state index is 12.9. The van der Waals surface area contributed by atoms with Crippen LogP contribution in [0.3, 0.4) is 0 Å². The number of amides is 1. The lowest BCUT2D eigenvalue weighted by Gasteiger charge is -2.14. The Kier molecular flexibility index (Phi) is 5.96. The van der Waals surface area contributed by atoms with Gasteiger partial charge in [0.1, 0.15) is 0 Å². The number of nitrogens with zero attached hydrogens (tertiary/aromatic N) is 2. The number of ether oxygens (including phenoxy) is 1. The van der Waals surface area contributed by atoms with E-state index in [0.29, 0.717) is 23.5 Å². The van der Waals surface area contributed by atoms with Gasteiger partial charge >= 0.3 is 18.4 Å². The van der Waals surface area contributed by atoms with Crippen molar-refractivity contribution in [3.8, 4) is 11.4 Å². The number of benzene rings is 2. The lowest BCUT2D eigenvalue weighted by atomic mass is 10.0. The molecular weight excluding hydrogens is 428 g/mol. The van der Waals surface area contributed by atoms with Gasteiger partial charge in [-0.05, 0) is 42.8 Å². The van der Waals surface area contributed by atoms with Crippen molar-refractivity contribution < 1.29 is 35.9 Å². The van der Waals surface area contributed by atoms with Crippen LogP contribution in [0.15, 0.2) is 54.7 Å². The number of para-hydroxylation sites is 1. The van der Waals surface area contributed by atoms with Crippen molar-refractivity contribution in [1.29, 1.82) is 0 Å². The van der Waals surface area contributed by atoms with Crippen LogP contribution in [0.2, 0.25) is 0 Å². The lowest BCUT2D eigenvalue weighted by molar-refractivity contribution is -0.143. The van der Waals surface area contributed by atoms with E-state index in [1.807, 2.05) is 6.07 Å². The summed E-state index contributed by atoms with van der Waals surface area (Å²) in [6, 6.07) is 10.0. The summed E-state index contributed by atoms with van der Waals surface area (Å²) >= 11 is 0. The molecule has 1 heterocycles. The standard InChI is InChI=1S/C20H15F6N3O2/c1-12-17(11-28-29(12)16-5-3-2-4-6-16)31-18(30)27-10-13-7-14(19(21,22)23)9-15(8-13)20(24,25)26/h2-9,11H,10H2,1H3,(H,27,30). The summed E-state index contributed by atoms with van der Waals surface area (Å²) in [5, 5.41) is 6.24. The number of alkyl halides is 6. The van der Waals surface area contributed by atoms with Crippen LogP contribution in [0.4, 0.5) is 31.1 Å². The van der Waals surface area contributed by atoms with Crippen molar-refractivity contribution in [3.05, 3.63) is 77.1 Å². The van der Waals surface area contributed by atoms with E-state index in [2.05, 4.69) is 10.4 Å². The Hall–Kier alpha value is -3.50. The van der Waals surface area contributed by atoms with E-state index < -0.39 is 36.1 Å². The van der Waals surface area contributed by atoms with Crippen LogP contribution in [0.5, 0.6) is 5.75 Å². The predicted octanol–water partition coefficient (Wildman–Crippen LogP) is 5.51. The monoisotopic (exact) mass is 443 g/mol. The first kappa shape index (κ1) is 22.2. The molecule has 5 nitrogen and oxygen atoms in total. The minimum atomic E-state index is -4.97. The molecule has 0 aliphatic carbocycles. The predicted molar refractivity (Wildman–Crippen MR) is 97.6 cm³/mol. The van der Waals surface area contributed by atoms with Gasteiger partial charge in [-0.1, -0.05) is 18.2 Å². The molecule has 11 heteroatoms. The second kappa shape index (κ2) is 8.32. The van der Waals surface area contributed by atoms with E-state index in [1.54, 1.807) is 31.2 Å². The third-order valence-corrected chi connectivity index (χ3v) is 4.25. The first-order chi connectivity index (χ1) is 14.4. The number of hydrogen-bond donors (Lipinski definition) is 1. The fourth-order valence-electron chi connectivity index (χ4n) is 2.76. The summed E-state index contributed by atoms with van der Waals surface area (Å²) in [5.74, 6) is 0.0846. The van der Waals surface area contributed by atoms with Gasteiger partial charge in [0.05, 0.1) is 28.7 Å². The molecule has 0 saturated carbocycles. The van der Waals surface area contributed by atoms with Gasteiger partial charge < -0.3 is 10.1 Å². The molecule has 0 aliphatic heterocycles. The van der Waals surface area contributed by atoms with Crippen LogP contribution in [-0.2, 0) is 18.9 Å². The molecule has 31 heavy (non-hydrogen) atoms. The van der Waals surface area contributed by atoms with Crippen molar-refractivity contribution in [2.45, 2.75) is 25.8 Å². The van der Waals surface area contributed by atoms with Crippen molar-refractivity contribution in [2.24, 2.45) is 0 Å². The van der Waals surface area contributed by atoms with Gasteiger partial charge in [0.25, 0.3) is 0 Å². The Morgan fingerprint density at radius 3 is 2.13 bits per heavy atom. The number of halogens is 6. The average molecular weight is 443 g/mol. The average Bonchev–Trinajstić information content (AvgIpc) is 3.06. The summed E-state index contributed by atoms with van der Waals surface area (Å²) in [6.07, 6.45) is -9.73. The molecule has 1 N–H and O–H groups in total. The molecule has 0 unspecified atom stereocenters. The van der Waals surface area contributed by atoms with Crippen LogP contribution >= 0.6 is 0 Å². The molecule has 3 aromatic rings. The number of nitrogens with one attached hydrogen (secondary N) is 1. The number of carbonyl (C=O) groups excluding carboxylic acids is 1. The van der Waals surface area contributed by atoms with Gasteiger partial charge in [0, 0.05) is 6.54 Å². The van der Waals surface area contributed by atoms with Gasteiger partial charge in [-0.2, -0.15) is 31.4 Å². The molecule has 0 spiro atoms. The number of carbonyl (C=O) groups is 1. The van der Waals surface area contributed by atoms with Crippen LogP contribution < -0.4 is 10.1 Å². The highest BCUT2D eigenvalue weighted by Gasteiger charge is 2.36. The van der Waals surface area contributed by atoms with Gasteiger partial charge in [-0.15, -0.1) is 0 Å². The van der Waals surface area contributed by atoms with Crippen LogP contribution in [0.1, 0.15) is 22.4 Å². The highest BCUT2D eigenvalue weighted by Crippen LogP contribution is 2.36. The molecule has 164 valence electrons. The van der Waals surface area contributed by atoms with Gasteiger partial charge in [-0.25, -0.2) is 9.48 Å². The first-order valence-electron chi connectivity index (χ1n) is 8.79. The van der Waals surface area contributed by atoms with Crippen LogP contribution in [0.25, 0.3) is 5.69 Å². The van der Waals surface area contributed by atoms with Crippen molar-refractivity contribution in [1.82, 2.24) is 15.1 Å². The lowest BCUT2D eigenvalue weighted by Crippen LogP contribution is -2.27. The highest BCUT2D eigenvalue weighted by molar-refractivity contribution is 5.70. The molecule has 1 amide bonds. The zero-order chi connectivity index (χ0) is 22.8. The summed E-state index contributed by atoms with van der Waals surface area (Å²) < 4.78 is 84.1. The van der Waals surface area contributed by atoms with E-state index >= 15 is 0 Å². The van der Waals surface area contributed by atoms with Crippen LogP contribution in [0, 0.1) is 6.92 Å². The third-order valence-electron chi connectivity index (χ3n) is 4.25. The fraction of sp³-hybridized carbons (Fsp3) is 0.200. The molecule has 2 aromatic carbocycles. The number of hydrogen-bond acceptors (Lipinski definition) is 3. The minimum absolute atomic E-state index is 0.0170. The maximum Gasteiger partial charge on any atom is 0.416 e. The third kappa shape index (κ3) is 5.36. The Labute approximate surface area is 172 Å². The SMILES string of the molecule is Cc1c(OC(=O)NCc2cc(C(F)(F)F)cc(C(F)(F)F)c2)cnn1-c1ccccc1. The zero-order valence-corrected chi connectivity index (χ0v) is 15.9. The van der Waals surface area contributed by atoms with E-state index in [1.165, 1.54) is 10.9 Å².